The van der Waals surface area contributed by atoms with Crippen molar-refractivity contribution in [2.45, 2.75) is 44.7 Å². The molecule has 1 saturated heterocycles. The second-order valence-corrected chi connectivity index (χ2v) is 8.19. The lowest BCUT2D eigenvalue weighted by atomic mass is 9.86. The van der Waals surface area contributed by atoms with E-state index < -0.39 is 12.5 Å². The summed E-state index contributed by atoms with van der Waals surface area (Å²) in [6.45, 7) is 2.88. The fraction of sp³-hybridized carbons (Fsp3) is 0.545. The number of carbonyl (C=O) groups is 1. The molecule has 2 aliphatic rings. The van der Waals surface area contributed by atoms with E-state index in [1.807, 2.05) is 12.1 Å². The quantitative estimate of drug-likeness (QED) is 0.754. The molecule has 2 aliphatic heterocycles. The molecule has 1 amide bonds. The lowest BCUT2D eigenvalue weighted by molar-refractivity contribution is -0.135. The fourth-order valence-electron chi connectivity index (χ4n) is 4.54. The second-order valence-electron chi connectivity index (χ2n) is 8.19. The van der Waals surface area contributed by atoms with Crippen LogP contribution in [0.15, 0.2) is 30.3 Å². The maximum atomic E-state index is 13.7. The number of alkyl halides is 2. The third-order valence-electron chi connectivity index (χ3n) is 6.09. The molecule has 0 saturated carbocycles. The Hall–Kier alpha value is -2.84. The Kier molecular flexibility index (Phi) is 6.29. The van der Waals surface area contributed by atoms with Gasteiger partial charge in [-0.2, -0.15) is 5.10 Å². The predicted molar refractivity (Wildman–Crippen MR) is 112 cm³/mol. The van der Waals surface area contributed by atoms with E-state index in [1.54, 1.807) is 37.1 Å². The first-order chi connectivity index (χ1) is 15.0. The molecule has 7 nitrogen and oxygen atoms in total. The highest BCUT2D eigenvalue weighted by atomic mass is 19.3. The van der Waals surface area contributed by atoms with Crippen LogP contribution in [0, 0.1) is 12.8 Å². The highest BCUT2D eigenvalue weighted by molar-refractivity contribution is 5.78. The van der Waals surface area contributed by atoms with Crippen molar-refractivity contribution in [1.29, 1.82) is 0 Å². The highest BCUT2D eigenvalue weighted by Crippen LogP contribution is 2.36. The normalized spacial score (nSPS) is 23.3. The number of aryl methyl sites for hydroxylation is 1. The maximum absolute atomic E-state index is 13.7. The van der Waals surface area contributed by atoms with Crippen molar-refractivity contribution in [3.05, 3.63) is 36.0 Å². The van der Waals surface area contributed by atoms with Gasteiger partial charge in [-0.3, -0.25) is 4.79 Å². The van der Waals surface area contributed by atoms with Crippen molar-refractivity contribution in [2.24, 2.45) is 5.92 Å². The Bertz CT molecular complexity index is 920. The van der Waals surface area contributed by atoms with E-state index in [2.05, 4.69) is 10.4 Å². The fourth-order valence-corrected chi connectivity index (χ4v) is 4.54. The molecule has 0 radical (unpaired) electrons. The monoisotopic (exact) mass is 434 g/mol. The predicted octanol–water partition coefficient (Wildman–Crippen LogP) is 3.51. The summed E-state index contributed by atoms with van der Waals surface area (Å²) in [5, 5.41) is 7.61. The minimum atomic E-state index is -2.49. The molecule has 1 N–H and O–H groups in total. The molecule has 0 aliphatic carbocycles. The van der Waals surface area contributed by atoms with Gasteiger partial charge in [0.15, 0.2) is 18.1 Å². The molecule has 3 atom stereocenters. The Labute approximate surface area is 180 Å². The summed E-state index contributed by atoms with van der Waals surface area (Å²) >= 11 is 0. The number of hydrogen-bond acceptors (Lipinski definition) is 5. The van der Waals surface area contributed by atoms with E-state index in [0.29, 0.717) is 36.1 Å². The first-order valence-corrected chi connectivity index (χ1v) is 10.6. The van der Waals surface area contributed by atoms with Crippen LogP contribution in [-0.2, 0) is 4.79 Å². The topological polar surface area (TPSA) is 68.6 Å². The zero-order valence-electron chi connectivity index (χ0n) is 17.8. The molecule has 4 rings (SSSR count). The van der Waals surface area contributed by atoms with Gasteiger partial charge in [-0.15, -0.1) is 0 Å². The van der Waals surface area contributed by atoms with Crippen LogP contribution >= 0.6 is 0 Å². The lowest BCUT2D eigenvalue weighted by Gasteiger charge is -2.41. The number of rotatable bonds is 6. The van der Waals surface area contributed by atoms with Gasteiger partial charge >= 0.3 is 0 Å². The number of fused-ring (bicyclic) bond motifs is 1. The van der Waals surface area contributed by atoms with Gasteiger partial charge < -0.3 is 19.7 Å². The number of nitrogens with zero attached hydrogens (tertiary/aromatic N) is 3. The van der Waals surface area contributed by atoms with Crippen molar-refractivity contribution >= 4 is 11.7 Å². The first kappa shape index (κ1) is 21.4. The largest absolute Gasteiger partial charge is 0.493 e. The van der Waals surface area contributed by atoms with E-state index in [9.17, 15) is 13.6 Å². The molecule has 0 bridgehead atoms. The standard InChI is InChI=1S/C22H28F2N4O3/c1-14-10-20-25-16(11-17(22(23)24)28(20)26-14)15-6-5-9-27(12-15)21(29)13-31-19-8-4-3-7-18(19)30-2/h3-4,7-8,10,15-17,22,25H,5-6,9,11-13H2,1-2H3/t15?,16-,17+/m0/s1. The second kappa shape index (κ2) is 9.11. The van der Waals surface area contributed by atoms with Crippen LogP contribution in [-0.4, -0.2) is 59.9 Å². The summed E-state index contributed by atoms with van der Waals surface area (Å²) in [4.78, 5) is 14.6. The first-order valence-electron chi connectivity index (χ1n) is 10.6. The maximum Gasteiger partial charge on any atom is 0.260 e. The number of likely N-dealkylation sites (tertiary alicyclic amines) is 1. The summed E-state index contributed by atoms with van der Waals surface area (Å²) < 4.78 is 39.7. The number of hydrogen-bond donors (Lipinski definition) is 1. The molecule has 2 aromatic rings. The van der Waals surface area contributed by atoms with Gasteiger partial charge in [-0.25, -0.2) is 13.5 Å². The number of nitrogens with one attached hydrogen (secondary N) is 1. The zero-order valence-corrected chi connectivity index (χ0v) is 17.8. The Morgan fingerprint density at radius 3 is 2.84 bits per heavy atom. The third-order valence-corrected chi connectivity index (χ3v) is 6.09. The van der Waals surface area contributed by atoms with E-state index in [1.165, 1.54) is 4.68 Å². The van der Waals surface area contributed by atoms with Crippen LogP contribution in [0.25, 0.3) is 0 Å². The van der Waals surface area contributed by atoms with Crippen molar-refractivity contribution < 1.29 is 23.0 Å². The summed E-state index contributed by atoms with van der Waals surface area (Å²) in [6.07, 6.45) is -0.479. The molecule has 1 fully saturated rings. The zero-order chi connectivity index (χ0) is 22.0. The van der Waals surface area contributed by atoms with Gasteiger partial charge in [0, 0.05) is 25.2 Å². The highest BCUT2D eigenvalue weighted by Gasteiger charge is 2.38. The van der Waals surface area contributed by atoms with E-state index in [-0.39, 0.29) is 30.9 Å². The summed E-state index contributed by atoms with van der Waals surface area (Å²) in [7, 11) is 1.55. The lowest BCUT2D eigenvalue weighted by Crippen LogP contribution is -2.49. The number of methoxy groups -OCH3 is 1. The molecular formula is C22H28F2N4O3. The molecule has 168 valence electrons. The number of halogens is 2. The van der Waals surface area contributed by atoms with Crippen molar-refractivity contribution in [2.75, 3.05) is 32.1 Å². The van der Waals surface area contributed by atoms with Gasteiger partial charge in [-0.1, -0.05) is 12.1 Å². The number of ether oxygens (including phenoxy) is 2. The summed E-state index contributed by atoms with van der Waals surface area (Å²) in [5.41, 5.74) is 0.711. The Balaban J connectivity index is 1.39. The SMILES string of the molecule is COc1ccccc1OCC(=O)N1CCCC([C@@H]2C[C@H](C(F)F)n3nc(C)cc3N2)C1. The number of piperidine rings is 1. The molecule has 1 aromatic heterocycles. The minimum Gasteiger partial charge on any atom is -0.493 e. The van der Waals surface area contributed by atoms with Gasteiger partial charge in [0.2, 0.25) is 0 Å². The average Bonchev–Trinajstić information content (AvgIpc) is 3.16. The van der Waals surface area contributed by atoms with Gasteiger partial charge in [0.05, 0.1) is 12.8 Å². The Morgan fingerprint density at radius 2 is 2.10 bits per heavy atom. The van der Waals surface area contributed by atoms with E-state index >= 15 is 0 Å². The van der Waals surface area contributed by atoms with E-state index in [4.69, 9.17) is 9.47 Å². The number of anilines is 1. The minimum absolute atomic E-state index is 0.0865. The number of para-hydroxylation sites is 2. The smallest absolute Gasteiger partial charge is 0.260 e. The average molecular weight is 434 g/mol. The van der Waals surface area contributed by atoms with Crippen LogP contribution in [0.3, 0.4) is 0 Å². The number of amides is 1. The summed E-state index contributed by atoms with van der Waals surface area (Å²) in [5.74, 6) is 1.70. The molecule has 3 heterocycles. The van der Waals surface area contributed by atoms with Crippen LogP contribution in [0.4, 0.5) is 14.6 Å². The molecular weight excluding hydrogens is 406 g/mol. The number of carbonyl (C=O) groups excluding carboxylic acids is 1. The van der Waals surface area contributed by atoms with Gasteiger partial charge in [-0.05, 0) is 44.2 Å². The molecule has 1 aromatic carbocycles. The molecule has 31 heavy (non-hydrogen) atoms. The van der Waals surface area contributed by atoms with Crippen LogP contribution in [0.2, 0.25) is 0 Å². The van der Waals surface area contributed by atoms with Crippen LogP contribution in [0.1, 0.15) is 31.0 Å². The van der Waals surface area contributed by atoms with Gasteiger partial charge in [0.25, 0.3) is 12.3 Å². The van der Waals surface area contributed by atoms with E-state index in [0.717, 1.165) is 12.8 Å². The van der Waals surface area contributed by atoms with Gasteiger partial charge in [0.1, 0.15) is 11.9 Å². The number of aromatic nitrogens is 2. The van der Waals surface area contributed by atoms with Crippen molar-refractivity contribution in [3.8, 4) is 11.5 Å². The van der Waals surface area contributed by atoms with Crippen molar-refractivity contribution in [3.63, 3.8) is 0 Å². The van der Waals surface area contributed by atoms with Crippen LogP contribution < -0.4 is 14.8 Å². The van der Waals surface area contributed by atoms with Crippen molar-refractivity contribution in [1.82, 2.24) is 14.7 Å². The molecule has 1 unspecified atom stereocenters. The molecule has 0 spiro atoms. The Morgan fingerprint density at radius 1 is 1.32 bits per heavy atom. The summed E-state index contributed by atoms with van der Waals surface area (Å²) in [6, 6.07) is 7.90. The number of benzene rings is 1. The molecule has 9 heteroatoms. The third kappa shape index (κ3) is 4.60. The van der Waals surface area contributed by atoms with Crippen LogP contribution in [0.5, 0.6) is 11.5 Å².